The van der Waals surface area contributed by atoms with E-state index in [1.807, 2.05) is 0 Å². The van der Waals surface area contributed by atoms with Gasteiger partial charge in [0.2, 0.25) is 5.12 Å². The number of carbonyl (C=O) groups is 1. The van der Waals surface area contributed by atoms with Crippen LogP contribution in [0.25, 0.3) is 0 Å². The number of carbonyl (C=O) groups excluding carboxylic acids is 1. The van der Waals surface area contributed by atoms with Crippen LogP contribution in [0.3, 0.4) is 0 Å². The first-order chi connectivity index (χ1) is 21.4. The zero-order chi connectivity index (χ0) is 32.2. The van der Waals surface area contributed by atoms with Gasteiger partial charge in [0.05, 0.1) is 19.8 Å². The molecule has 238 valence electrons. The third kappa shape index (κ3) is 7.61. The van der Waals surface area contributed by atoms with E-state index in [-0.39, 0.29) is 23.4 Å². The molecule has 1 amide bonds. The van der Waals surface area contributed by atoms with Crippen LogP contribution in [0.1, 0.15) is 34.8 Å². The van der Waals surface area contributed by atoms with E-state index in [4.69, 9.17) is 9.47 Å². The van der Waals surface area contributed by atoms with Crippen molar-refractivity contribution in [3.8, 4) is 5.75 Å². The molecule has 2 heterocycles. The molecule has 0 saturated carbocycles. The maximum atomic E-state index is 15.1. The summed E-state index contributed by atoms with van der Waals surface area (Å²) in [5.41, 5.74) is -1.12. The summed E-state index contributed by atoms with van der Waals surface area (Å²) in [6.45, 7) is 2.05. The van der Waals surface area contributed by atoms with E-state index in [0.717, 1.165) is 30.0 Å². The molecule has 2 atom stereocenters. The monoisotopic (exact) mass is 650 g/mol. The molecule has 2 N–H and O–H groups in total. The molecule has 1 fully saturated rings. The Kier molecular flexibility index (Phi) is 9.44. The normalized spacial score (nSPS) is 16.9. The van der Waals surface area contributed by atoms with Crippen molar-refractivity contribution in [2.45, 2.75) is 42.2 Å². The number of hydrogen-bond acceptors (Lipinski definition) is 8. The number of aliphatic hydroxyl groups is 1. The van der Waals surface area contributed by atoms with Gasteiger partial charge in [0.15, 0.2) is 0 Å². The van der Waals surface area contributed by atoms with Crippen LogP contribution in [0.2, 0.25) is 0 Å². The summed E-state index contributed by atoms with van der Waals surface area (Å²) in [7, 11) is 0. The predicted octanol–water partition coefficient (Wildman–Crippen LogP) is 5.96. The lowest BCUT2D eigenvalue weighted by atomic mass is 9.90. The molecule has 0 unspecified atom stereocenters. The first-order valence-electron chi connectivity index (χ1n) is 13.6. The van der Waals surface area contributed by atoms with Crippen molar-refractivity contribution in [3.05, 3.63) is 108 Å². The molecule has 1 aliphatic heterocycles. The molecule has 3 aromatic carbocycles. The van der Waals surface area contributed by atoms with Crippen molar-refractivity contribution in [1.82, 2.24) is 14.8 Å². The van der Waals surface area contributed by atoms with Crippen LogP contribution in [0, 0.1) is 11.6 Å². The van der Waals surface area contributed by atoms with E-state index in [0.29, 0.717) is 31.3 Å². The summed E-state index contributed by atoms with van der Waals surface area (Å²) in [5.74, 6) is -2.69. The van der Waals surface area contributed by atoms with Gasteiger partial charge in [0.25, 0.3) is 5.91 Å². The third-order valence-electron chi connectivity index (χ3n) is 6.99. The highest BCUT2D eigenvalue weighted by Gasteiger charge is 2.47. The summed E-state index contributed by atoms with van der Waals surface area (Å²) in [6, 6.07) is 13.9. The topological polar surface area (TPSA) is 108 Å². The standard InChI is InChI=1S/C30H27F5N4O5S/c1-19(28(41,16-39-18-36-17-37-39)25-12-7-22(31)15-26(25)32)45-29(42-13-2-14-43-29)21-5-3-20(4-6-21)27(40)38-23-8-10-24(11-9-23)44-30(33,34)35/h3-12,15,17-19,41H,2,13-14,16H2,1H3,(H,38,40)/t19-,28-/m1/s1. The molecule has 0 bridgehead atoms. The summed E-state index contributed by atoms with van der Waals surface area (Å²) in [5, 5.41) is 16.4. The van der Waals surface area contributed by atoms with Crippen molar-refractivity contribution >= 4 is 23.4 Å². The fourth-order valence-electron chi connectivity index (χ4n) is 4.75. The van der Waals surface area contributed by atoms with Gasteiger partial charge in [-0.1, -0.05) is 30.0 Å². The summed E-state index contributed by atoms with van der Waals surface area (Å²) < 4.78 is 83.6. The van der Waals surface area contributed by atoms with Gasteiger partial charge < -0.3 is 24.6 Å². The predicted molar refractivity (Wildman–Crippen MR) is 153 cm³/mol. The second-order valence-corrected chi connectivity index (χ2v) is 11.6. The van der Waals surface area contributed by atoms with Crippen LogP contribution in [0.5, 0.6) is 5.75 Å². The van der Waals surface area contributed by atoms with Crippen LogP contribution in [0.4, 0.5) is 27.6 Å². The van der Waals surface area contributed by atoms with Crippen molar-refractivity contribution in [1.29, 1.82) is 0 Å². The Hall–Kier alpha value is -4.05. The van der Waals surface area contributed by atoms with Crippen LogP contribution in [-0.4, -0.2) is 50.6 Å². The van der Waals surface area contributed by atoms with Gasteiger partial charge in [-0.15, -0.1) is 13.2 Å². The lowest BCUT2D eigenvalue weighted by Crippen LogP contribution is -2.45. The molecular formula is C30H27F5N4O5S. The number of anilines is 1. The van der Waals surface area contributed by atoms with E-state index >= 15 is 4.39 Å². The highest BCUT2D eigenvalue weighted by Crippen LogP contribution is 2.48. The largest absolute Gasteiger partial charge is 0.573 e. The maximum absolute atomic E-state index is 15.1. The van der Waals surface area contributed by atoms with Crippen LogP contribution >= 0.6 is 11.8 Å². The van der Waals surface area contributed by atoms with Gasteiger partial charge in [0.1, 0.15) is 35.6 Å². The number of alkyl halides is 3. The lowest BCUT2D eigenvalue weighted by Gasteiger charge is -2.42. The minimum atomic E-state index is -4.83. The number of halogens is 5. The number of nitrogens with zero attached hydrogens (tertiary/aromatic N) is 3. The Balaban J connectivity index is 1.37. The number of ether oxygens (including phenoxy) is 3. The van der Waals surface area contributed by atoms with Gasteiger partial charge in [-0.25, -0.2) is 18.4 Å². The lowest BCUT2D eigenvalue weighted by molar-refractivity contribution is -0.274. The molecular weight excluding hydrogens is 623 g/mol. The highest BCUT2D eigenvalue weighted by atomic mass is 32.2. The van der Waals surface area contributed by atoms with Gasteiger partial charge >= 0.3 is 6.36 Å². The van der Waals surface area contributed by atoms with Gasteiger partial charge in [-0.05, 0) is 55.8 Å². The number of amides is 1. The Morgan fingerprint density at radius 2 is 1.78 bits per heavy atom. The smallest absolute Gasteiger partial charge is 0.406 e. The summed E-state index contributed by atoms with van der Waals surface area (Å²) in [6.07, 6.45) is -1.61. The van der Waals surface area contributed by atoms with E-state index in [2.05, 4.69) is 20.1 Å². The average molecular weight is 651 g/mol. The Bertz CT molecular complexity index is 1600. The van der Waals surface area contributed by atoms with Gasteiger partial charge in [-0.3, -0.25) is 4.79 Å². The maximum Gasteiger partial charge on any atom is 0.573 e. The van der Waals surface area contributed by atoms with Gasteiger partial charge in [0, 0.05) is 33.7 Å². The molecule has 0 radical (unpaired) electrons. The van der Waals surface area contributed by atoms with Crippen molar-refractivity contribution in [2.75, 3.05) is 18.5 Å². The Morgan fingerprint density at radius 3 is 2.38 bits per heavy atom. The zero-order valence-electron chi connectivity index (χ0n) is 23.6. The number of rotatable bonds is 10. The SMILES string of the molecule is C[C@@H](SC1(c2ccc(C(=O)Nc3ccc(OC(F)(F)F)cc3)cc2)OCCCO1)[C@](O)(Cn1cncn1)c1ccc(F)cc1F. The van der Waals surface area contributed by atoms with Crippen molar-refractivity contribution < 1.29 is 46.1 Å². The summed E-state index contributed by atoms with van der Waals surface area (Å²) >= 11 is 1.07. The molecule has 5 rings (SSSR count). The van der Waals surface area contributed by atoms with E-state index < -0.39 is 45.6 Å². The van der Waals surface area contributed by atoms with Crippen molar-refractivity contribution in [2.24, 2.45) is 0 Å². The number of benzene rings is 3. The summed E-state index contributed by atoms with van der Waals surface area (Å²) in [4.78, 5) is 16.8. The molecule has 1 aromatic heterocycles. The van der Waals surface area contributed by atoms with Crippen LogP contribution < -0.4 is 10.1 Å². The van der Waals surface area contributed by atoms with E-state index in [9.17, 15) is 27.5 Å². The number of thioether (sulfide) groups is 1. The molecule has 4 aromatic rings. The zero-order valence-corrected chi connectivity index (χ0v) is 24.4. The highest BCUT2D eigenvalue weighted by molar-refractivity contribution is 8.00. The minimum absolute atomic E-state index is 0.157. The van der Waals surface area contributed by atoms with Crippen LogP contribution in [-0.2, 0) is 26.7 Å². The van der Waals surface area contributed by atoms with Crippen molar-refractivity contribution in [3.63, 3.8) is 0 Å². The molecule has 15 heteroatoms. The first-order valence-corrected chi connectivity index (χ1v) is 14.5. The molecule has 45 heavy (non-hydrogen) atoms. The fourth-order valence-corrected chi connectivity index (χ4v) is 6.19. The fraction of sp³-hybridized carbons (Fsp3) is 0.300. The second-order valence-electron chi connectivity index (χ2n) is 10.1. The number of hydrogen-bond donors (Lipinski definition) is 2. The molecule has 0 aliphatic carbocycles. The average Bonchev–Trinajstić information content (AvgIpc) is 3.50. The first kappa shape index (κ1) is 32.3. The van der Waals surface area contributed by atoms with E-state index in [1.54, 1.807) is 19.1 Å². The minimum Gasteiger partial charge on any atom is -0.406 e. The Morgan fingerprint density at radius 1 is 1.09 bits per heavy atom. The third-order valence-corrected chi connectivity index (χ3v) is 8.52. The molecule has 1 aliphatic rings. The second kappa shape index (κ2) is 13.1. The Labute approximate surface area is 258 Å². The molecule has 1 saturated heterocycles. The molecule has 0 spiro atoms. The van der Waals surface area contributed by atoms with E-state index in [1.165, 1.54) is 47.7 Å². The number of nitrogens with one attached hydrogen (secondary N) is 1. The molecule has 9 nitrogen and oxygen atoms in total. The van der Waals surface area contributed by atoms with Crippen LogP contribution in [0.15, 0.2) is 79.4 Å². The number of aromatic nitrogens is 3. The quantitative estimate of drug-likeness (QED) is 0.203. The van der Waals surface area contributed by atoms with Gasteiger partial charge in [-0.2, -0.15) is 5.10 Å².